The van der Waals surface area contributed by atoms with Crippen molar-refractivity contribution in [1.29, 1.82) is 0 Å². The Kier molecular flexibility index (Phi) is 5.55. The summed E-state index contributed by atoms with van der Waals surface area (Å²) in [5, 5.41) is 3.45. The Hall–Kier alpha value is -1.41. The van der Waals surface area contributed by atoms with Crippen LogP contribution in [-0.4, -0.2) is 67.6 Å². The molecule has 2 aliphatic heterocycles. The molecule has 2 fully saturated rings. The van der Waals surface area contributed by atoms with Crippen molar-refractivity contribution in [3.8, 4) is 5.88 Å². The van der Waals surface area contributed by atoms with E-state index in [0.717, 1.165) is 51.1 Å². The number of aromatic nitrogens is 2. The maximum Gasteiger partial charge on any atom is 0.218 e. The topological polar surface area (TPSA) is 84.4 Å². The molecule has 0 bridgehead atoms. The predicted molar refractivity (Wildman–Crippen MR) is 93.0 cm³/mol. The van der Waals surface area contributed by atoms with Gasteiger partial charge >= 0.3 is 0 Å². The summed E-state index contributed by atoms with van der Waals surface area (Å²) in [5.41, 5.74) is 0. The van der Waals surface area contributed by atoms with Crippen molar-refractivity contribution in [2.75, 3.05) is 43.6 Å². The molecule has 0 radical (unpaired) electrons. The van der Waals surface area contributed by atoms with Crippen molar-refractivity contribution in [3.63, 3.8) is 0 Å². The van der Waals surface area contributed by atoms with Gasteiger partial charge in [0.1, 0.15) is 22.0 Å². The third-order valence-corrected chi connectivity index (χ3v) is 6.70. The average molecular weight is 354 g/mol. The minimum Gasteiger partial charge on any atom is -0.481 e. The van der Waals surface area contributed by atoms with Gasteiger partial charge < -0.3 is 15.0 Å². The third-order valence-electron chi connectivity index (χ3n) is 4.98. The van der Waals surface area contributed by atoms with E-state index in [1.807, 2.05) is 6.07 Å². The molecule has 2 saturated heterocycles. The summed E-state index contributed by atoms with van der Waals surface area (Å²) in [5.74, 6) is 2.63. The highest BCUT2D eigenvalue weighted by molar-refractivity contribution is 7.91. The fourth-order valence-electron chi connectivity index (χ4n) is 3.49. The van der Waals surface area contributed by atoms with E-state index in [9.17, 15) is 8.42 Å². The molecule has 2 aliphatic rings. The van der Waals surface area contributed by atoms with E-state index in [2.05, 4.69) is 20.2 Å². The van der Waals surface area contributed by atoms with Gasteiger partial charge in [-0.1, -0.05) is 0 Å². The van der Waals surface area contributed by atoms with Crippen LogP contribution in [0.5, 0.6) is 5.88 Å². The molecule has 0 saturated carbocycles. The molecule has 0 amide bonds. The molecule has 134 valence electrons. The number of rotatable bonds is 5. The largest absolute Gasteiger partial charge is 0.481 e. The number of likely N-dealkylation sites (tertiary alicyclic amines) is 1. The summed E-state index contributed by atoms with van der Waals surface area (Å²) in [6.45, 7) is 3.12. The standard InChI is InChI=1S/C16H26N4O3S/c1-23-16-10-15(17-12-18-16)19-14-2-6-20(7-3-14)11-13-4-8-24(21,22)9-5-13/h10,12-14H,2-9,11H2,1H3,(H,17,18,19). The molecular formula is C16H26N4O3S. The first-order valence-corrected chi connectivity index (χ1v) is 10.4. The van der Waals surface area contributed by atoms with Crippen LogP contribution in [0.1, 0.15) is 25.7 Å². The van der Waals surface area contributed by atoms with Crippen molar-refractivity contribution in [3.05, 3.63) is 12.4 Å². The van der Waals surface area contributed by atoms with Crippen LogP contribution in [0.15, 0.2) is 12.4 Å². The fourth-order valence-corrected chi connectivity index (χ4v) is 5.07. The summed E-state index contributed by atoms with van der Waals surface area (Å²) < 4.78 is 28.1. The maximum atomic E-state index is 11.5. The van der Waals surface area contributed by atoms with Crippen LogP contribution in [0.2, 0.25) is 0 Å². The van der Waals surface area contributed by atoms with E-state index in [4.69, 9.17) is 4.74 Å². The van der Waals surface area contributed by atoms with Gasteiger partial charge in [0.05, 0.1) is 18.6 Å². The van der Waals surface area contributed by atoms with Crippen molar-refractivity contribution in [1.82, 2.24) is 14.9 Å². The van der Waals surface area contributed by atoms with Crippen LogP contribution in [-0.2, 0) is 9.84 Å². The zero-order valence-corrected chi connectivity index (χ0v) is 15.0. The minimum atomic E-state index is -2.76. The number of nitrogens with zero attached hydrogens (tertiary/aromatic N) is 3. The number of hydrogen-bond donors (Lipinski definition) is 1. The number of ether oxygens (including phenoxy) is 1. The Morgan fingerprint density at radius 2 is 1.92 bits per heavy atom. The number of nitrogens with one attached hydrogen (secondary N) is 1. The lowest BCUT2D eigenvalue weighted by molar-refractivity contribution is 0.182. The quantitative estimate of drug-likeness (QED) is 0.850. The molecule has 8 heteroatoms. The maximum absolute atomic E-state index is 11.5. The van der Waals surface area contributed by atoms with Gasteiger partial charge in [-0.15, -0.1) is 0 Å². The highest BCUT2D eigenvalue weighted by Gasteiger charge is 2.27. The van der Waals surface area contributed by atoms with Crippen LogP contribution in [0.25, 0.3) is 0 Å². The van der Waals surface area contributed by atoms with Gasteiger partial charge in [0, 0.05) is 31.7 Å². The summed E-state index contributed by atoms with van der Waals surface area (Å²) in [4.78, 5) is 10.7. The summed E-state index contributed by atoms with van der Waals surface area (Å²) in [6.07, 6.45) is 5.28. The predicted octanol–water partition coefficient (Wildman–Crippen LogP) is 1.19. The molecule has 24 heavy (non-hydrogen) atoms. The van der Waals surface area contributed by atoms with Crippen LogP contribution >= 0.6 is 0 Å². The SMILES string of the molecule is COc1cc(NC2CCN(CC3CCS(=O)(=O)CC3)CC2)ncn1. The van der Waals surface area contributed by atoms with E-state index in [1.165, 1.54) is 6.33 Å². The van der Waals surface area contributed by atoms with E-state index in [-0.39, 0.29) is 0 Å². The molecule has 1 N–H and O–H groups in total. The van der Waals surface area contributed by atoms with Gasteiger partial charge in [0.15, 0.2) is 0 Å². The van der Waals surface area contributed by atoms with Crippen molar-refractivity contribution in [2.24, 2.45) is 5.92 Å². The van der Waals surface area contributed by atoms with Crippen molar-refractivity contribution < 1.29 is 13.2 Å². The molecule has 0 aromatic carbocycles. The molecule has 1 aromatic rings. The Balaban J connectivity index is 1.42. The first kappa shape index (κ1) is 17.4. The fraction of sp³-hybridized carbons (Fsp3) is 0.750. The van der Waals surface area contributed by atoms with Gasteiger partial charge in [0.2, 0.25) is 5.88 Å². The zero-order chi connectivity index (χ0) is 17.0. The highest BCUT2D eigenvalue weighted by atomic mass is 32.2. The first-order chi connectivity index (χ1) is 11.5. The second-order valence-corrected chi connectivity index (χ2v) is 9.06. The average Bonchev–Trinajstić information content (AvgIpc) is 2.59. The highest BCUT2D eigenvalue weighted by Crippen LogP contribution is 2.23. The molecule has 0 unspecified atom stereocenters. The Morgan fingerprint density at radius 3 is 2.58 bits per heavy atom. The lowest BCUT2D eigenvalue weighted by Gasteiger charge is -2.35. The van der Waals surface area contributed by atoms with Gasteiger partial charge in [0.25, 0.3) is 0 Å². The monoisotopic (exact) mass is 354 g/mol. The Morgan fingerprint density at radius 1 is 1.21 bits per heavy atom. The molecule has 0 spiro atoms. The molecule has 1 aromatic heterocycles. The van der Waals surface area contributed by atoms with E-state index in [1.54, 1.807) is 7.11 Å². The first-order valence-electron chi connectivity index (χ1n) is 8.59. The van der Waals surface area contributed by atoms with Gasteiger partial charge in [-0.2, -0.15) is 0 Å². The van der Waals surface area contributed by atoms with Gasteiger partial charge in [-0.25, -0.2) is 18.4 Å². The lowest BCUT2D eigenvalue weighted by Crippen LogP contribution is -2.42. The van der Waals surface area contributed by atoms with Crippen LogP contribution < -0.4 is 10.1 Å². The van der Waals surface area contributed by atoms with Crippen molar-refractivity contribution >= 4 is 15.7 Å². The Bertz CT molecular complexity index is 630. The number of methoxy groups -OCH3 is 1. The van der Waals surface area contributed by atoms with Crippen LogP contribution in [0, 0.1) is 5.92 Å². The molecule has 0 aliphatic carbocycles. The lowest BCUT2D eigenvalue weighted by atomic mass is 9.99. The molecular weight excluding hydrogens is 328 g/mol. The van der Waals surface area contributed by atoms with E-state index in [0.29, 0.717) is 29.3 Å². The van der Waals surface area contributed by atoms with Gasteiger partial charge in [-0.3, -0.25) is 0 Å². The van der Waals surface area contributed by atoms with Crippen LogP contribution in [0.4, 0.5) is 5.82 Å². The molecule has 7 nitrogen and oxygen atoms in total. The number of anilines is 1. The smallest absolute Gasteiger partial charge is 0.218 e. The van der Waals surface area contributed by atoms with Crippen LogP contribution in [0.3, 0.4) is 0 Å². The number of piperidine rings is 1. The Labute approximate surface area is 143 Å². The van der Waals surface area contributed by atoms with Gasteiger partial charge in [-0.05, 0) is 31.6 Å². The summed E-state index contributed by atoms with van der Waals surface area (Å²) in [6, 6.07) is 2.22. The summed E-state index contributed by atoms with van der Waals surface area (Å²) in [7, 11) is -1.16. The normalized spacial score (nSPS) is 23.0. The third kappa shape index (κ3) is 4.80. The summed E-state index contributed by atoms with van der Waals surface area (Å²) >= 11 is 0. The molecule has 0 atom stereocenters. The molecule has 3 heterocycles. The number of sulfone groups is 1. The van der Waals surface area contributed by atoms with E-state index < -0.39 is 9.84 Å². The zero-order valence-electron chi connectivity index (χ0n) is 14.1. The second-order valence-electron chi connectivity index (χ2n) is 6.76. The number of hydrogen-bond acceptors (Lipinski definition) is 7. The second kappa shape index (κ2) is 7.65. The van der Waals surface area contributed by atoms with Crippen molar-refractivity contribution in [2.45, 2.75) is 31.7 Å². The van der Waals surface area contributed by atoms with E-state index >= 15 is 0 Å². The molecule has 3 rings (SSSR count). The minimum absolute atomic E-state index is 0.366.